The molecule has 0 amide bonds. The van der Waals surface area contributed by atoms with Crippen LogP contribution in [0.2, 0.25) is 0 Å². The molecule has 144 valence electrons. The lowest BCUT2D eigenvalue weighted by molar-refractivity contribution is 0.102. The van der Waals surface area contributed by atoms with E-state index >= 15 is 0 Å². The number of hydrogen-bond acceptors (Lipinski definition) is 6. The van der Waals surface area contributed by atoms with Gasteiger partial charge in [-0.2, -0.15) is 0 Å². The average molecular weight is 406 g/mol. The number of carbonyl (C=O) groups is 1. The fraction of sp³-hybridized carbons (Fsp3) is 0.421. The van der Waals surface area contributed by atoms with Gasteiger partial charge in [0.05, 0.1) is 17.2 Å². The lowest BCUT2D eigenvalue weighted by atomic mass is 10.1. The third-order valence-electron chi connectivity index (χ3n) is 4.90. The molecule has 0 atom stereocenters. The van der Waals surface area contributed by atoms with Crippen LogP contribution >= 0.6 is 11.8 Å². The highest BCUT2D eigenvalue weighted by Gasteiger charge is 2.28. The van der Waals surface area contributed by atoms with E-state index in [9.17, 15) is 13.2 Å². The number of Topliss-reactive ketones (excluding diaryl/α,β-unsaturated/α-hetero) is 1. The van der Waals surface area contributed by atoms with Crippen LogP contribution in [-0.2, 0) is 16.4 Å². The van der Waals surface area contributed by atoms with Crippen LogP contribution in [-0.4, -0.2) is 42.2 Å². The second-order valence-corrected chi connectivity index (χ2v) is 9.70. The van der Waals surface area contributed by atoms with E-state index in [1.807, 2.05) is 26.8 Å². The summed E-state index contributed by atoms with van der Waals surface area (Å²) in [6, 6.07) is 5.26. The molecule has 0 saturated carbocycles. The van der Waals surface area contributed by atoms with Crippen LogP contribution in [0.4, 0.5) is 5.69 Å². The van der Waals surface area contributed by atoms with Gasteiger partial charge in [-0.15, -0.1) is 0 Å². The van der Waals surface area contributed by atoms with Gasteiger partial charge < -0.3 is 0 Å². The van der Waals surface area contributed by atoms with Gasteiger partial charge in [0.15, 0.2) is 10.9 Å². The van der Waals surface area contributed by atoms with Crippen molar-refractivity contribution in [3.05, 3.63) is 46.3 Å². The summed E-state index contributed by atoms with van der Waals surface area (Å²) < 4.78 is 25.8. The van der Waals surface area contributed by atoms with Crippen LogP contribution in [0.5, 0.6) is 0 Å². The average Bonchev–Trinajstić information content (AvgIpc) is 3.08. The summed E-state index contributed by atoms with van der Waals surface area (Å²) in [7, 11) is -3.27. The maximum absolute atomic E-state index is 12.6. The number of hydrogen-bond donors (Lipinski definition) is 0. The van der Waals surface area contributed by atoms with Gasteiger partial charge in [0.1, 0.15) is 0 Å². The van der Waals surface area contributed by atoms with Gasteiger partial charge in [-0.1, -0.05) is 11.8 Å². The lowest BCUT2D eigenvalue weighted by Gasteiger charge is -2.18. The van der Waals surface area contributed by atoms with Gasteiger partial charge in [-0.25, -0.2) is 18.4 Å². The quantitative estimate of drug-likeness (QED) is 0.417. The maximum Gasteiger partial charge on any atom is 0.234 e. The molecule has 1 aliphatic rings. The summed E-state index contributed by atoms with van der Waals surface area (Å²) in [5, 5.41) is 0.602. The van der Waals surface area contributed by atoms with Gasteiger partial charge in [-0.3, -0.25) is 9.10 Å². The van der Waals surface area contributed by atoms with E-state index in [-0.39, 0.29) is 17.3 Å². The molecule has 1 aromatic heterocycles. The Hall–Kier alpha value is -1.93. The van der Waals surface area contributed by atoms with E-state index in [1.54, 1.807) is 19.1 Å². The van der Waals surface area contributed by atoms with Gasteiger partial charge >= 0.3 is 0 Å². The third-order valence-corrected chi connectivity index (χ3v) is 7.53. The van der Waals surface area contributed by atoms with Gasteiger partial charge in [0, 0.05) is 23.5 Å². The zero-order valence-corrected chi connectivity index (χ0v) is 17.6. The number of fused-ring (bicyclic) bond motifs is 1. The summed E-state index contributed by atoms with van der Waals surface area (Å²) in [4.78, 5) is 21.4. The first-order valence-electron chi connectivity index (χ1n) is 8.84. The number of sulfonamides is 1. The molecule has 8 heteroatoms. The second-order valence-electron chi connectivity index (χ2n) is 6.58. The number of carbonyl (C=O) groups excluding carboxylic acids is 1. The number of aryl methyl sites for hydroxylation is 2. The molecular weight excluding hydrogens is 382 g/mol. The highest BCUT2D eigenvalue weighted by atomic mass is 32.2. The molecule has 0 fully saturated rings. The normalized spacial score (nSPS) is 13.7. The lowest BCUT2D eigenvalue weighted by Crippen LogP contribution is -2.30. The van der Waals surface area contributed by atoms with Crippen molar-refractivity contribution < 1.29 is 13.2 Å². The van der Waals surface area contributed by atoms with E-state index in [2.05, 4.69) is 9.97 Å². The van der Waals surface area contributed by atoms with E-state index < -0.39 is 10.0 Å². The molecule has 0 spiro atoms. The zero-order valence-electron chi connectivity index (χ0n) is 15.9. The summed E-state index contributed by atoms with van der Waals surface area (Å²) in [6.07, 6.45) is 0.627. The van der Waals surface area contributed by atoms with Crippen LogP contribution < -0.4 is 4.31 Å². The molecule has 0 bridgehead atoms. The van der Waals surface area contributed by atoms with Crippen molar-refractivity contribution in [2.75, 3.05) is 22.4 Å². The highest BCUT2D eigenvalue weighted by molar-refractivity contribution is 7.99. The molecule has 3 rings (SSSR count). The Balaban J connectivity index is 1.74. The number of nitrogens with zero attached hydrogens (tertiary/aromatic N) is 3. The zero-order chi connectivity index (χ0) is 19.8. The summed E-state index contributed by atoms with van der Waals surface area (Å²) in [5.74, 6) is 0.302. The van der Waals surface area contributed by atoms with Crippen LogP contribution in [0.1, 0.15) is 39.8 Å². The number of aromatic nitrogens is 2. The van der Waals surface area contributed by atoms with E-state index in [0.29, 0.717) is 29.4 Å². The highest BCUT2D eigenvalue weighted by Crippen LogP contribution is 2.31. The molecule has 1 aromatic carbocycles. The number of anilines is 1. The second kappa shape index (κ2) is 7.59. The van der Waals surface area contributed by atoms with Crippen molar-refractivity contribution in [2.45, 2.75) is 39.3 Å². The first-order valence-corrected chi connectivity index (χ1v) is 11.4. The minimum Gasteiger partial charge on any atom is -0.293 e. The predicted octanol–water partition coefficient (Wildman–Crippen LogP) is 3.09. The Morgan fingerprint density at radius 2 is 1.85 bits per heavy atom. The number of thioether (sulfide) groups is 1. The minimum absolute atomic E-state index is 0.0147. The van der Waals surface area contributed by atoms with Crippen LogP contribution in [0.15, 0.2) is 23.4 Å². The topological polar surface area (TPSA) is 80.2 Å². The van der Waals surface area contributed by atoms with Crippen molar-refractivity contribution in [1.29, 1.82) is 0 Å². The molecule has 2 heterocycles. The largest absolute Gasteiger partial charge is 0.293 e. The molecule has 6 nitrogen and oxygen atoms in total. The Morgan fingerprint density at radius 3 is 2.48 bits per heavy atom. The molecular formula is C19H23N3O3S2. The Kier molecular flexibility index (Phi) is 5.58. The van der Waals surface area contributed by atoms with Gasteiger partial charge in [0.2, 0.25) is 10.0 Å². The summed E-state index contributed by atoms with van der Waals surface area (Å²) >= 11 is 1.32. The Morgan fingerprint density at radius 1 is 1.19 bits per heavy atom. The molecule has 27 heavy (non-hydrogen) atoms. The molecule has 2 aromatic rings. The maximum atomic E-state index is 12.6. The first-order chi connectivity index (χ1) is 12.7. The van der Waals surface area contributed by atoms with E-state index in [0.717, 1.165) is 22.5 Å². The minimum atomic E-state index is -3.27. The van der Waals surface area contributed by atoms with Crippen molar-refractivity contribution in [2.24, 2.45) is 0 Å². The molecule has 1 aliphatic heterocycles. The standard InChI is InChI=1S/C19H23N3O3S2/c1-5-27(24,25)22-9-8-15-10-16(6-7-17(15)22)18(23)11-26-19-20-13(3)12(2)14(4)21-19/h6-7,10H,5,8-9,11H2,1-4H3. The molecule has 0 aliphatic carbocycles. The fourth-order valence-corrected chi connectivity index (χ4v) is 5.00. The number of rotatable bonds is 6. The van der Waals surface area contributed by atoms with Crippen LogP contribution in [0.3, 0.4) is 0 Å². The first kappa shape index (κ1) is 19.8. The predicted molar refractivity (Wildman–Crippen MR) is 108 cm³/mol. The van der Waals surface area contributed by atoms with Crippen molar-refractivity contribution in [3.63, 3.8) is 0 Å². The molecule has 0 unspecified atom stereocenters. The Labute approximate surface area is 164 Å². The van der Waals surface area contributed by atoms with E-state index in [1.165, 1.54) is 16.1 Å². The molecule has 0 radical (unpaired) electrons. The third kappa shape index (κ3) is 4.01. The van der Waals surface area contributed by atoms with Crippen LogP contribution in [0.25, 0.3) is 0 Å². The molecule has 0 N–H and O–H groups in total. The van der Waals surface area contributed by atoms with Crippen LogP contribution in [0, 0.1) is 20.8 Å². The van der Waals surface area contributed by atoms with Crippen molar-refractivity contribution in [1.82, 2.24) is 9.97 Å². The smallest absolute Gasteiger partial charge is 0.234 e. The van der Waals surface area contributed by atoms with Crippen molar-refractivity contribution in [3.8, 4) is 0 Å². The number of ketones is 1. The fourth-order valence-electron chi connectivity index (χ4n) is 3.01. The molecule has 0 saturated heterocycles. The van der Waals surface area contributed by atoms with Crippen molar-refractivity contribution >= 4 is 33.3 Å². The SMILES string of the molecule is CCS(=O)(=O)N1CCc2cc(C(=O)CSc3nc(C)c(C)c(C)n3)ccc21. The number of benzene rings is 1. The van der Waals surface area contributed by atoms with E-state index in [4.69, 9.17) is 0 Å². The van der Waals surface area contributed by atoms with Gasteiger partial charge in [0.25, 0.3) is 0 Å². The monoisotopic (exact) mass is 405 g/mol. The summed E-state index contributed by atoms with van der Waals surface area (Å²) in [6.45, 7) is 7.93. The Bertz CT molecular complexity index is 980. The summed E-state index contributed by atoms with van der Waals surface area (Å²) in [5.41, 5.74) is 5.10. The van der Waals surface area contributed by atoms with Gasteiger partial charge in [-0.05, 0) is 63.4 Å².